The Hall–Kier alpha value is -1.92. The van der Waals surface area contributed by atoms with Crippen LogP contribution >= 0.6 is 23.8 Å². The zero-order chi connectivity index (χ0) is 14.5. The van der Waals surface area contributed by atoms with Crippen LogP contribution in [0.3, 0.4) is 0 Å². The molecule has 0 atom stereocenters. The smallest absolute Gasteiger partial charge is 0.232 e. The molecular formula is C13H13ClN4OS. The minimum atomic E-state index is -0.211. The molecule has 0 unspecified atom stereocenters. The predicted octanol–water partition coefficient (Wildman–Crippen LogP) is 2.96. The average Bonchev–Trinajstić information content (AvgIpc) is 2.75. The summed E-state index contributed by atoms with van der Waals surface area (Å²) in [4.78, 5) is 12.0. The summed E-state index contributed by atoms with van der Waals surface area (Å²) >= 11 is 11.1. The van der Waals surface area contributed by atoms with Crippen LogP contribution in [0.15, 0.2) is 36.9 Å². The first-order valence-corrected chi connectivity index (χ1v) is 6.70. The molecule has 0 bridgehead atoms. The molecule has 0 saturated heterocycles. The van der Waals surface area contributed by atoms with E-state index in [1.165, 1.54) is 0 Å². The minimum absolute atomic E-state index is 0.103. The Morgan fingerprint density at radius 2 is 2.30 bits per heavy atom. The first-order chi connectivity index (χ1) is 9.61. The Morgan fingerprint density at radius 1 is 1.55 bits per heavy atom. The van der Waals surface area contributed by atoms with Gasteiger partial charge in [-0.05, 0) is 24.4 Å². The summed E-state index contributed by atoms with van der Waals surface area (Å²) in [5.41, 5.74) is 0.573. The molecule has 0 aliphatic heterocycles. The number of nitrogens with one attached hydrogen (secondary N) is 2. The summed E-state index contributed by atoms with van der Waals surface area (Å²) in [7, 11) is 0. The van der Waals surface area contributed by atoms with E-state index in [2.05, 4.69) is 22.1 Å². The fourth-order valence-corrected chi connectivity index (χ4v) is 2.11. The fourth-order valence-electron chi connectivity index (χ4n) is 1.70. The van der Waals surface area contributed by atoms with Crippen molar-refractivity contribution < 1.29 is 4.79 Å². The van der Waals surface area contributed by atoms with Crippen molar-refractivity contribution in [3.8, 4) is 0 Å². The lowest BCUT2D eigenvalue weighted by molar-refractivity contribution is -0.115. The lowest BCUT2D eigenvalue weighted by atomic mass is 10.3. The third kappa shape index (κ3) is 3.34. The quantitative estimate of drug-likeness (QED) is 0.659. The second-order valence-electron chi connectivity index (χ2n) is 4.05. The lowest BCUT2D eigenvalue weighted by Gasteiger charge is -2.07. The van der Waals surface area contributed by atoms with E-state index in [0.717, 1.165) is 0 Å². The molecule has 2 N–H and O–H groups in total. The third-order valence-electron chi connectivity index (χ3n) is 2.62. The van der Waals surface area contributed by atoms with Crippen LogP contribution in [0.5, 0.6) is 0 Å². The topological polar surface area (TPSA) is 62.7 Å². The molecule has 5 nitrogen and oxygen atoms in total. The van der Waals surface area contributed by atoms with Gasteiger partial charge in [-0.2, -0.15) is 5.10 Å². The Morgan fingerprint density at radius 3 is 3.00 bits per heavy atom. The van der Waals surface area contributed by atoms with Crippen molar-refractivity contribution in [2.75, 3.05) is 5.32 Å². The molecular weight excluding hydrogens is 296 g/mol. The van der Waals surface area contributed by atoms with Crippen molar-refractivity contribution in [3.63, 3.8) is 0 Å². The van der Waals surface area contributed by atoms with E-state index >= 15 is 0 Å². The van der Waals surface area contributed by atoms with E-state index in [-0.39, 0.29) is 12.3 Å². The van der Waals surface area contributed by atoms with Gasteiger partial charge in [-0.1, -0.05) is 29.8 Å². The van der Waals surface area contributed by atoms with Crippen molar-refractivity contribution in [3.05, 3.63) is 52.5 Å². The molecule has 104 valence electrons. The first kappa shape index (κ1) is 14.5. The van der Waals surface area contributed by atoms with E-state index in [1.54, 1.807) is 34.9 Å². The number of aromatic amines is 1. The highest BCUT2D eigenvalue weighted by Gasteiger charge is 2.11. The van der Waals surface area contributed by atoms with Crippen molar-refractivity contribution in [1.82, 2.24) is 14.8 Å². The highest BCUT2D eigenvalue weighted by molar-refractivity contribution is 7.71. The molecule has 2 rings (SSSR count). The first-order valence-electron chi connectivity index (χ1n) is 5.91. The minimum Gasteiger partial charge on any atom is -0.324 e. The predicted molar refractivity (Wildman–Crippen MR) is 81.4 cm³/mol. The van der Waals surface area contributed by atoms with Gasteiger partial charge in [-0.3, -0.25) is 14.5 Å². The van der Waals surface area contributed by atoms with Crippen LogP contribution in [-0.4, -0.2) is 20.7 Å². The average molecular weight is 309 g/mol. The zero-order valence-corrected chi connectivity index (χ0v) is 12.2. The van der Waals surface area contributed by atoms with E-state index < -0.39 is 0 Å². The van der Waals surface area contributed by atoms with E-state index in [1.807, 2.05) is 0 Å². The van der Waals surface area contributed by atoms with Gasteiger partial charge >= 0.3 is 0 Å². The third-order valence-corrected chi connectivity index (χ3v) is 3.26. The number of allylic oxidation sites excluding steroid dienone is 1. The number of hydrogen-bond donors (Lipinski definition) is 2. The van der Waals surface area contributed by atoms with Crippen LogP contribution in [0, 0.1) is 4.77 Å². The lowest BCUT2D eigenvalue weighted by Crippen LogP contribution is -2.17. The summed E-state index contributed by atoms with van der Waals surface area (Å²) < 4.78 is 2.18. The second-order valence-corrected chi connectivity index (χ2v) is 4.84. The number of carbonyl (C=O) groups is 1. The fraction of sp³-hybridized carbons (Fsp3) is 0.154. The van der Waals surface area contributed by atoms with E-state index in [0.29, 0.717) is 27.9 Å². The summed E-state index contributed by atoms with van der Waals surface area (Å²) in [5.74, 6) is 0.344. The number of amides is 1. The highest BCUT2D eigenvalue weighted by atomic mass is 35.5. The van der Waals surface area contributed by atoms with Gasteiger partial charge in [0.2, 0.25) is 5.91 Å². The number of H-pyrrole nitrogens is 1. The van der Waals surface area contributed by atoms with Crippen LogP contribution < -0.4 is 5.32 Å². The van der Waals surface area contributed by atoms with E-state index in [4.69, 9.17) is 23.8 Å². The van der Waals surface area contributed by atoms with Crippen LogP contribution in [0.2, 0.25) is 5.02 Å². The van der Waals surface area contributed by atoms with Gasteiger partial charge in [-0.15, -0.1) is 6.58 Å². The van der Waals surface area contributed by atoms with Gasteiger partial charge in [0.1, 0.15) is 5.82 Å². The summed E-state index contributed by atoms with van der Waals surface area (Å²) in [6.45, 7) is 4.15. The number of halogens is 1. The molecule has 0 radical (unpaired) electrons. The molecule has 1 amide bonds. The molecule has 0 saturated carbocycles. The summed E-state index contributed by atoms with van der Waals surface area (Å²) in [6, 6.07) is 7.05. The maximum atomic E-state index is 12.0. The Labute approximate surface area is 126 Å². The van der Waals surface area contributed by atoms with Crippen molar-refractivity contribution >= 4 is 35.4 Å². The number of benzene rings is 1. The highest BCUT2D eigenvalue weighted by Crippen LogP contribution is 2.20. The van der Waals surface area contributed by atoms with Crippen molar-refractivity contribution in [2.24, 2.45) is 0 Å². The zero-order valence-electron chi connectivity index (χ0n) is 10.6. The summed E-state index contributed by atoms with van der Waals surface area (Å²) in [5, 5.41) is 9.94. The second kappa shape index (κ2) is 6.49. The SMILES string of the molecule is C=CCn1c(CC(=O)Nc2ccccc2Cl)n[nH]c1=S. The van der Waals surface area contributed by atoms with Crippen molar-refractivity contribution in [2.45, 2.75) is 13.0 Å². The molecule has 1 aromatic heterocycles. The molecule has 1 heterocycles. The van der Waals surface area contributed by atoms with Gasteiger partial charge in [-0.25, -0.2) is 0 Å². The number of rotatable bonds is 5. The Kier molecular flexibility index (Phi) is 4.70. The monoisotopic (exact) mass is 308 g/mol. The van der Waals surface area contributed by atoms with Crippen LogP contribution in [0.4, 0.5) is 5.69 Å². The van der Waals surface area contributed by atoms with Crippen LogP contribution in [-0.2, 0) is 17.8 Å². The number of para-hydroxylation sites is 1. The standard InChI is InChI=1S/C13H13ClN4OS/c1-2-7-18-11(16-17-13(18)20)8-12(19)15-10-6-4-3-5-9(10)14/h2-6H,1,7-8H2,(H,15,19)(H,17,20). The number of anilines is 1. The van der Waals surface area contributed by atoms with Gasteiger partial charge in [0.25, 0.3) is 0 Å². The number of nitrogens with zero attached hydrogens (tertiary/aromatic N) is 2. The molecule has 0 aliphatic carbocycles. The van der Waals surface area contributed by atoms with Gasteiger partial charge in [0.15, 0.2) is 4.77 Å². The number of carbonyl (C=O) groups excluding carboxylic acids is 1. The molecule has 0 spiro atoms. The maximum Gasteiger partial charge on any atom is 0.232 e. The molecule has 1 aromatic carbocycles. The molecule has 7 heteroatoms. The Balaban J connectivity index is 2.11. The van der Waals surface area contributed by atoms with Gasteiger partial charge in [0, 0.05) is 6.54 Å². The largest absolute Gasteiger partial charge is 0.324 e. The molecule has 0 aliphatic rings. The molecule has 0 fully saturated rings. The maximum absolute atomic E-state index is 12.0. The summed E-state index contributed by atoms with van der Waals surface area (Å²) in [6.07, 6.45) is 1.80. The van der Waals surface area contributed by atoms with Crippen LogP contribution in [0.1, 0.15) is 5.82 Å². The van der Waals surface area contributed by atoms with Crippen molar-refractivity contribution in [1.29, 1.82) is 0 Å². The van der Waals surface area contributed by atoms with Crippen LogP contribution in [0.25, 0.3) is 0 Å². The normalized spacial score (nSPS) is 10.2. The van der Waals surface area contributed by atoms with E-state index in [9.17, 15) is 4.79 Å². The molecule has 20 heavy (non-hydrogen) atoms. The number of hydrogen-bond acceptors (Lipinski definition) is 3. The Bertz CT molecular complexity index is 692. The molecule has 2 aromatic rings. The van der Waals surface area contributed by atoms with Gasteiger partial charge in [0.05, 0.1) is 17.1 Å². The number of aromatic nitrogens is 3. The van der Waals surface area contributed by atoms with Gasteiger partial charge < -0.3 is 5.32 Å².